The molecule has 0 spiro atoms. The van der Waals surface area contributed by atoms with Gasteiger partial charge >= 0.3 is 0 Å². The summed E-state index contributed by atoms with van der Waals surface area (Å²) in [5.74, 6) is 1.35. The number of rotatable bonds is 8. The van der Waals surface area contributed by atoms with Gasteiger partial charge in [0.1, 0.15) is 0 Å². The van der Waals surface area contributed by atoms with Crippen molar-refractivity contribution < 1.29 is 8.42 Å². The minimum absolute atomic E-state index is 0.648. The van der Waals surface area contributed by atoms with E-state index in [-0.39, 0.29) is 0 Å². The smallest absolute Gasteiger partial charge is 0.211 e. The SMILES string of the molecule is CCCN(CCCC(C)C(C)C)S(C)(=O)=O. The molecule has 0 aromatic carbocycles. The van der Waals surface area contributed by atoms with E-state index >= 15 is 0 Å². The normalized spacial score (nSPS) is 14.7. The van der Waals surface area contributed by atoms with Crippen molar-refractivity contribution in [1.29, 1.82) is 0 Å². The first kappa shape index (κ1) is 15.9. The average molecular weight is 249 g/mol. The number of hydrogen-bond donors (Lipinski definition) is 0. The van der Waals surface area contributed by atoms with E-state index in [9.17, 15) is 8.42 Å². The minimum Gasteiger partial charge on any atom is -0.213 e. The second-order valence-corrected chi connectivity index (χ2v) is 7.01. The van der Waals surface area contributed by atoms with Gasteiger partial charge in [-0.1, -0.05) is 27.7 Å². The van der Waals surface area contributed by atoms with Gasteiger partial charge in [-0.15, -0.1) is 0 Å². The predicted molar refractivity (Wildman–Crippen MR) is 69.9 cm³/mol. The standard InChI is InChI=1S/C12H27NO2S/c1-6-9-13(16(5,14)15)10-7-8-12(4)11(2)3/h11-12H,6-10H2,1-5H3. The Bertz CT molecular complexity index is 273. The molecule has 4 heteroatoms. The van der Waals surface area contributed by atoms with E-state index in [0.717, 1.165) is 19.3 Å². The Labute approximate surface area is 101 Å². The van der Waals surface area contributed by atoms with Crippen LogP contribution in [0, 0.1) is 11.8 Å². The lowest BCUT2D eigenvalue weighted by molar-refractivity contribution is 0.345. The Balaban J connectivity index is 4.05. The van der Waals surface area contributed by atoms with Gasteiger partial charge in [-0.2, -0.15) is 0 Å². The summed E-state index contributed by atoms with van der Waals surface area (Å²) >= 11 is 0. The van der Waals surface area contributed by atoms with Crippen LogP contribution in [0.1, 0.15) is 47.0 Å². The van der Waals surface area contributed by atoms with Crippen molar-refractivity contribution in [2.24, 2.45) is 11.8 Å². The molecule has 0 aromatic rings. The first-order valence-electron chi connectivity index (χ1n) is 6.24. The molecule has 0 aliphatic heterocycles. The molecule has 0 amide bonds. The maximum Gasteiger partial charge on any atom is 0.211 e. The highest BCUT2D eigenvalue weighted by molar-refractivity contribution is 7.88. The van der Waals surface area contributed by atoms with E-state index in [1.807, 2.05) is 6.92 Å². The predicted octanol–water partition coefficient (Wildman–Crippen LogP) is 2.73. The van der Waals surface area contributed by atoms with Gasteiger partial charge in [0.2, 0.25) is 10.0 Å². The largest absolute Gasteiger partial charge is 0.213 e. The summed E-state index contributed by atoms with van der Waals surface area (Å²) in [6, 6.07) is 0. The molecule has 3 nitrogen and oxygen atoms in total. The average Bonchev–Trinajstić information content (AvgIpc) is 2.14. The quantitative estimate of drug-likeness (QED) is 0.663. The van der Waals surface area contributed by atoms with E-state index in [1.54, 1.807) is 4.31 Å². The lowest BCUT2D eigenvalue weighted by atomic mass is 9.93. The van der Waals surface area contributed by atoms with Crippen molar-refractivity contribution in [3.8, 4) is 0 Å². The maximum atomic E-state index is 11.5. The fraction of sp³-hybridized carbons (Fsp3) is 1.00. The van der Waals surface area contributed by atoms with Gasteiger partial charge in [0.05, 0.1) is 6.26 Å². The van der Waals surface area contributed by atoms with Crippen molar-refractivity contribution in [2.45, 2.75) is 47.0 Å². The van der Waals surface area contributed by atoms with Crippen molar-refractivity contribution in [1.82, 2.24) is 4.31 Å². The fourth-order valence-electron chi connectivity index (χ4n) is 1.62. The molecule has 1 unspecified atom stereocenters. The monoisotopic (exact) mass is 249 g/mol. The summed E-state index contributed by atoms with van der Waals surface area (Å²) in [6.07, 6.45) is 4.25. The zero-order valence-electron chi connectivity index (χ0n) is 11.4. The summed E-state index contributed by atoms with van der Waals surface area (Å²) in [5, 5.41) is 0. The van der Waals surface area contributed by atoms with Gasteiger partial charge < -0.3 is 0 Å². The van der Waals surface area contributed by atoms with E-state index < -0.39 is 10.0 Å². The molecule has 0 saturated carbocycles. The van der Waals surface area contributed by atoms with Crippen LogP contribution in [0.25, 0.3) is 0 Å². The molecule has 1 atom stereocenters. The van der Waals surface area contributed by atoms with Crippen molar-refractivity contribution in [2.75, 3.05) is 19.3 Å². The van der Waals surface area contributed by atoms with E-state index in [0.29, 0.717) is 24.9 Å². The van der Waals surface area contributed by atoms with Gasteiger partial charge in [-0.25, -0.2) is 12.7 Å². The Morgan fingerprint density at radius 2 is 1.69 bits per heavy atom. The molecule has 0 N–H and O–H groups in total. The maximum absolute atomic E-state index is 11.5. The molecule has 0 heterocycles. The minimum atomic E-state index is -3.01. The first-order valence-corrected chi connectivity index (χ1v) is 8.09. The third kappa shape index (κ3) is 6.48. The van der Waals surface area contributed by atoms with E-state index in [2.05, 4.69) is 20.8 Å². The Kier molecular flexibility index (Phi) is 7.24. The molecule has 98 valence electrons. The zero-order chi connectivity index (χ0) is 12.8. The molecule has 0 aliphatic rings. The highest BCUT2D eigenvalue weighted by Gasteiger charge is 2.15. The van der Waals surface area contributed by atoms with Crippen molar-refractivity contribution in [3.05, 3.63) is 0 Å². The van der Waals surface area contributed by atoms with Crippen LogP contribution in [0.3, 0.4) is 0 Å². The van der Waals surface area contributed by atoms with Crippen LogP contribution in [0.2, 0.25) is 0 Å². The molecule has 0 aromatic heterocycles. The van der Waals surface area contributed by atoms with E-state index in [1.165, 1.54) is 6.26 Å². The van der Waals surface area contributed by atoms with Crippen LogP contribution in [-0.2, 0) is 10.0 Å². The Morgan fingerprint density at radius 3 is 2.06 bits per heavy atom. The van der Waals surface area contributed by atoms with E-state index in [4.69, 9.17) is 0 Å². The van der Waals surface area contributed by atoms with Gasteiger partial charge in [0.25, 0.3) is 0 Å². The number of sulfonamides is 1. The lowest BCUT2D eigenvalue weighted by Gasteiger charge is -2.21. The van der Waals surface area contributed by atoms with Crippen LogP contribution in [0.5, 0.6) is 0 Å². The molecule has 0 fully saturated rings. The second-order valence-electron chi connectivity index (χ2n) is 5.03. The lowest BCUT2D eigenvalue weighted by Crippen LogP contribution is -2.32. The molecule has 0 saturated heterocycles. The molecular formula is C12H27NO2S. The van der Waals surface area contributed by atoms with Crippen LogP contribution < -0.4 is 0 Å². The van der Waals surface area contributed by atoms with Crippen LogP contribution in [0.15, 0.2) is 0 Å². The molecular weight excluding hydrogens is 222 g/mol. The van der Waals surface area contributed by atoms with Gasteiger partial charge in [0.15, 0.2) is 0 Å². The Morgan fingerprint density at radius 1 is 1.12 bits per heavy atom. The molecule has 0 rings (SSSR count). The number of hydrogen-bond acceptors (Lipinski definition) is 2. The third-order valence-electron chi connectivity index (χ3n) is 3.15. The van der Waals surface area contributed by atoms with Crippen molar-refractivity contribution in [3.63, 3.8) is 0 Å². The Hall–Kier alpha value is -0.0900. The molecule has 0 radical (unpaired) electrons. The van der Waals surface area contributed by atoms with Gasteiger partial charge in [-0.05, 0) is 31.1 Å². The fourth-order valence-corrected chi connectivity index (χ4v) is 2.59. The highest BCUT2D eigenvalue weighted by atomic mass is 32.2. The summed E-state index contributed by atoms with van der Waals surface area (Å²) in [7, 11) is -3.01. The zero-order valence-corrected chi connectivity index (χ0v) is 12.2. The second kappa shape index (κ2) is 7.28. The summed E-state index contributed by atoms with van der Waals surface area (Å²) in [5.41, 5.74) is 0. The summed E-state index contributed by atoms with van der Waals surface area (Å²) in [6.45, 7) is 9.99. The van der Waals surface area contributed by atoms with Gasteiger partial charge in [0, 0.05) is 13.1 Å². The summed E-state index contributed by atoms with van der Waals surface area (Å²) < 4.78 is 24.5. The van der Waals surface area contributed by atoms with Crippen molar-refractivity contribution >= 4 is 10.0 Å². The highest BCUT2D eigenvalue weighted by Crippen LogP contribution is 2.16. The van der Waals surface area contributed by atoms with Crippen LogP contribution in [0.4, 0.5) is 0 Å². The first-order chi connectivity index (χ1) is 7.29. The summed E-state index contributed by atoms with van der Waals surface area (Å²) in [4.78, 5) is 0. The topological polar surface area (TPSA) is 37.4 Å². The molecule has 16 heavy (non-hydrogen) atoms. The number of nitrogens with zero attached hydrogens (tertiary/aromatic N) is 1. The third-order valence-corrected chi connectivity index (χ3v) is 4.45. The molecule has 0 aliphatic carbocycles. The van der Waals surface area contributed by atoms with Crippen LogP contribution >= 0.6 is 0 Å². The molecule has 0 bridgehead atoms. The van der Waals surface area contributed by atoms with Gasteiger partial charge in [-0.3, -0.25) is 0 Å². The van der Waals surface area contributed by atoms with Crippen LogP contribution in [-0.4, -0.2) is 32.1 Å².